The third kappa shape index (κ3) is 4.68. The lowest BCUT2D eigenvalue weighted by Crippen LogP contribution is -2.31. The van der Waals surface area contributed by atoms with Crippen LogP contribution in [-0.4, -0.2) is 47.4 Å². The summed E-state index contributed by atoms with van der Waals surface area (Å²) in [7, 11) is 1.56. The lowest BCUT2D eigenvalue weighted by molar-refractivity contribution is -0.137. The maximum atomic E-state index is 13.3. The van der Waals surface area contributed by atoms with Gasteiger partial charge in [0.1, 0.15) is 11.5 Å². The highest BCUT2D eigenvalue weighted by atomic mass is 32.2. The van der Waals surface area contributed by atoms with E-state index in [4.69, 9.17) is 9.47 Å². The Balaban J connectivity index is 1.93. The number of thioether (sulfide) groups is 1. The molecule has 3 rings (SSSR count). The van der Waals surface area contributed by atoms with Crippen LogP contribution in [0.15, 0.2) is 53.4 Å². The maximum absolute atomic E-state index is 13.3. The topological polar surface area (TPSA) is 76.1 Å². The van der Waals surface area contributed by atoms with Crippen LogP contribution in [0.5, 0.6) is 11.5 Å². The largest absolute Gasteiger partial charge is 0.496 e. The molecule has 2 aromatic carbocycles. The van der Waals surface area contributed by atoms with Crippen LogP contribution < -0.4 is 9.47 Å². The minimum absolute atomic E-state index is 0.0387. The fraction of sp³-hybridized carbons (Fsp3) is 0.304. The van der Waals surface area contributed by atoms with Crippen molar-refractivity contribution in [1.29, 1.82) is 0 Å². The van der Waals surface area contributed by atoms with Crippen LogP contribution in [0.1, 0.15) is 25.0 Å². The van der Waals surface area contributed by atoms with Crippen molar-refractivity contribution in [3.05, 3.63) is 64.6 Å². The Bertz CT molecular complexity index is 952. The molecule has 1 aliphatic rings. The van der Waals surface area contributed by atoms with Gasteiger partial charge in [0.25, 0.3) is 11.8 Å². The van der Waals surface area contributed by atoms with Crippen LogP contribution in [-0.2, 0) is 16.1 Å². The molecule has 0 saturated heterocycles. The lowest BCUT2D eigenvalue weighted by atomic mass is 10.1. The molecule has 30 heavy (non-hydrogen) atoms. The minimum atomic E-state index is -0.359. The number of imide groups is 1. The average molecular weight is 428 g/mol. The van der Waals surface area contributed by atoms with Gasteiger partial charge in [0, 0.05) is 11.3 Å². The first-order valence-electron chi connectivity index (χ1n) is 9.69. The first-order chi connectivity index (χ1) is 14.5. The van der Waals surface area contributed by atoms with Crippen molar-refractivity contribution < 1.29 is 24.2 Å². The number of carbonyl (C=O) groups is 2. The molecule has 0 radical (unpaired) electrons. The molecule has 0 aliphatic carbocycles. The summed E-state index contributed by atoms with van der Waals surface area (Å²) in [5.41, 5.74) is 1.74. The second-order valence-electron chi connectivity index (χ2n) is 6.98. The zero-order valence-corrected chi connectivity index (χ0v) is 18.1. The van der Waals surface area contributed by atoms with E-state index in [0.717, 1.165) is 5.56 Å². The molecule has 1 aliphatic heterocycles. The number of amides is 2. The van der Waals surface area contributed by atoms with Crippen LogP contribution in [0.4, 0.5) is 0 Å². The van der Waals surface area contributed by atoms with Crippen LogP contribution >= 0.6 is 11.8 Å². The Morgan fingerprint density at radius 2 is 1.73 bits per heavy atom. The van der Waals surface area contributed by atoms with E-state index in [1.165, 1.54) is 16.7 Å². The predicted octanol–water partition coefficient (Wildman–Crippen LogP) is 3.49. The summed E-state index contributed by atoms with van der Waals surface area (Å²) in [5.74, 6) is 0.924. The van der Waals surface area contributed by atoms with Crippen LogP contribution in [0.2, 0.25) is 0 Å². The molecule has 0 spiro atoms. The number of hydrogen-bond acceptors (Lipinski definition) is 6. The van der Waals surface area contributed by atoms with Crippen LogP contribution in [0.3, 0.4) is 0 Å². The standard InChI is InChI=1S/C23H25NO5S/c1-15(2)29-18-10-8-16(9-11-18)20-21(30-13-12-25)23(27)24(22(20)26)14-17-6-4-5-7-19(17)28-3/h4-11,15,25H,12-14H2,1-3H3. The Hall–Kier alpha value is -2.77. The van der Waals surface area contributed by atoms with E-state index in [2.05, 4.69) is 0 Å². The predicted molar refractivity (Wildman–Crippen MR) is 117 cm³/mol. The highest BCUT2D eigenvalue weighted by molar-refractivity contribution is 8.04. The number of nitrogens with zero attached hydrogens (tertiary/aromatic N) is 1. The Labute approximate surface area is 180 Å². The highest BCUT2D eigenvalue weighted by Gasteiger charge is 2.39. The summed E-state index contributed by atoms with van der Waals surface area (Å²) < 4.78 is 11.0. The van der Waals surface area contributed by atoms with Gasteiger partial charge < -0.3 is 14.6 Å². The quantitative estimate of drug-likeness (QED) is 0.618. The van der Waals surface area contributed by atoms with Gasteiger partial charge in [-0.25, -0.2) is 0 Å². The number of methoxy groups -OCH3 is 1. The molecule has 2 amide bonds. The summed E-state index contributed by atoms with van der Waals surface area (Å²) in [6, 6.07) is 14.4. The van der Waals surface area contributed by atoms with Crippen molar-refractivity contribution >= 4 is 29.1 Å². The second-order valence-corrected chi connectivity index (χ2v) is 8.08. The number of carbonyl (C=O) groups excluding carboxylic acids is 2. The second kappa shape index (κ2) is 9.82. The van der Waals surface area contributed by atoms with Crippen molar-refractivity contribution in [1.82, 2.24) is 4.90 Å². The fourth-order valence-electron chi connectivity index (χ4n) is 3.21. The molecule has 1 N–H and O–H groups in total. The van der Waals surface area contributed by atoms with Gasteiger partial charge in [-0.3, -0.25) is 14.5 Å². The van der Waals surface area contributed by atoms with E-state index >= 15 is 0 Å². The molecule has 6 nitrogen and oxygen atoms in total. The fourth-order valence-corrected chi connectivity index (χ4v) is 4.09. The Kier molecular flexibility index (Phi) is 7.18. The van der Waals surface area contributed by atoms with E-state index in [-0.39, 0.29) is 31.1 Å². The zero-order chi connectivity index (χ0) is 21.7. The number of benzene rings is 2. The van der Waals surface area contributed by atoms with Gasteiger partial charge in [-0.1, -0.05) is 30.3 Å². The third-order valence-electron chi connectivity index (χ3n) is 4.50. The number of rotatable bonds is 9. The van der Waals surface area contributed by atoms with Crippen molar-refractivity contribution in [3.8, 4) is 11.5 Å². The normalized spacial score (nSPS) is 14.1. The first kappa shape index (κ1) is 21.9. The van der Waals surface area contributed by atoms with Crippen molar-refractivity contribution in [3.63, 3.8) is 0 Å². The summed E-state index contributed by atoms with van der Waals surface area (Å²) in [5, 5.41) is 9.24. The molecular weight excluding hydrogens is 402 g/mol. The number of ether oxygens (including phenoxy) is 2. The van der Waals surface area contributed by atoms with Gasteiger partial charge in [-0.05, 0) is 37.6 Å². The summed E-state index contributed by atoms with van der Waals surface area (Å²) in [6.07, 6.45) is 0.0387. The van der Waals surface area contributed by atoms with E-state index < -0.39 is 0 Å². The monoisotopic (exact) mass is 427 g/mol. The highest BCUT2D eigenvalue weighted by Crippen LogP contribution is 2.37. The molecular formula is C23H25NO5S. The Morgan fingerprint density at radius 1 is 1.03 bits per heavy atom. The molecule has 0 aromatic heterocycles. The van der Waals surface area contributed by atoms with Gasteiger partial charge in [-0.2, -0.15) is 0 Å². The van der Waals surface area contributed by atoms with E-state index in [1.54, 1.807) is 37.4 Å². The van der Waals surface area contributed by atoms with E-state index in [9.17, 15) is 14.7 Å². The van der Waals surface area contributed by atoms with E-state index in [1.807, 2.05) is 32.0 Å². The average Bonchev–Trinajstić information content (AvgIpc) is 2.97. The van der Waals surface area contributed by atoms with Crippen LogP contribution in [0, 0.1) is 0 Å². The minimum Gasteiger partial charge on any atom is -0.496 e. The van der Waals surface area contributed by atoms with Crippen molar-refractivity contribution in [2.24, 2.45) is 0 Å². The summed E-state index contributed by atoms with van der Waals surface area (Å²) in [6.45, 7) is 3.91. The molecule has 0 saturated carbocycles. The van der Waals surface area contributed by atoms with Gasteiger partial charge in [0.2, 0.25) is 0 Å². The molecule has 0 unspecified atom stereocenters. The first-order valence-corrected chi connectivity index (χ1v) is 10.7. The molecule has 2 aromatic rings. The van der Waals surface area contributed by atoms with Gasteiger partial charge >= 0.3 is 0 Å². The third-order valence-corrected chi connectivity index (χ3v) is 5.55. The summed E-state index contributed by atoms with van der Waals surface area (Å²) >= 11 is 1.19. The van der Waals surface area contributed by atoms with E-state index in [0.29, 0.717) is 33.3 Å². The van der Waals surface area contributed by atoms with Gasteiger partial charge in [-0.15, -0.1) is 11.8 Å². The van der Waals surface area contributed by atoms with Crippen molar-refractivity contribution in [2.45, 2.75) is 26.5 Å². The number of aliphatic hydroxyl groups excluding tert-OH is 1. The Morgan fingerprint density at radius 3 is 2.37 bits per heavy atom. The SMILES string of the molecule is COc1ccccc1CN1C(=O)C(SCCO)=C(c2ccc(OC(C)C)cc2)C1=O. The zero-order valence-electron chi connectivity index (χ0n) is 17.3. The maximum Gasteiger partial charge on any atom is 0.268 e. The molecule has 0 bridgehead atoms. The molecule has 7 heteroatoms. The number of aliphatic hydroxyl groups is 1. The van der Waals surface area contributed by atoms with Gasteiger partial charge in [0.15, 0.2) is 0 Å². The van der Waals surface area contributed by atoms with Gasteiger partial charge in [0.05, 0.1) is 36.8 Å². The van der Waals surface area contributed by atoms with Crippen molar-refractivity contribution in [2.75, 3.05) is 19.5 Å². The number of para-hydroxylation sites is 1. The smallest absolute Gasteiger partial charge is 0.268 e. The van der Waals surface area contributed by atoms with Crippen LogP contribution in [0.25, 0.3) is 5.57 Å². The lowest BCUT2D eigenvalue weighted by Gasteiger charge is -2.17. The molecule has 0 atom stereocenters. The number of hydrogen-bond donors (Lipinski definition) is 1. The molecule has 0 fully saturated rings. The molecule has 158 valence electrons. The molecule has 1 heterocycles. The summed E-state index contributed by atoms with van der Waals surface area (Å²) in [4.78, 5) is 27.9.